The van der Waals surface area contributed by atoms with E-state index in [4.69, 9.17) is 11.6 Å². The first-order chi connectivity index (χ1) is 9.36. The van der Waals surface area contributed by atoms with Gasteiger partial charge in [-0.25, -0.2) is 4.98 Å². The highest BCUT2D eigenvalue weighted by Crippen LogP contribution is 2.29. The van der Waals surface area contributed by atoms with Crippen molar-refractivity contribution in [1.82, 2.24) is 19.3 Å². The van der Waals surface area contributed by atoms with Gasteiger partial charge in [-0.05, 0) is 12.1 Å². The maximum absolute atomic E-state index is 12.6. The van der Waals surface area contributed by atoms with Gasteiger partial charge in [-0.1, -0.05) is 11.6 Å². The van der Waals surface area contributed by atoms with Crippen molar-refractivity contribution in [3.63, 3.8) is 0 Å². The third-order valence-corrected chi connectivity index (χ3v) is 2.98. The quantitative estimate of drug-likeness (QED) is 0.691. The fraction of sp³-hybridized carbons (Fsp3) is 0.167. The topological polar surface area (TPSA) is 35.6 Å². The van der Waals surface area contributed by atoms with Crippen molar-refractivity contribution in [2.75, 3.05) is 0 Å². The van der Waals surface area contributed by atoms with Crippen LogP contribution >= 0.6 is 11.6 Å². The molecule has 0 aliphatic heterocycles. The summed E-state index contributed by atoms with van der Waals surface area (Å²) in [5.74, 6) is 0.155. The largest absolute Gasteiger partial charge is 0.435 e. The minimum atomic E-state index is -4.53. The lowest BCUT2D eigenvalue weighted by atomic mass is 10.3. The third kappa shape index (κ3) is 2.03. The number of rotatable bonds is 1. The first-order valence-electron chi connectivity index (χ1n) is 5.53. The van der Waals surface area contributed by atoms with Crippen molar-refractivity contribution in [2.24, 2.45) is 7.05 Å². The Kier molecular flexibility index (Phi) is 2.75. The molecule has 3 aromatic heterocycles. The number of hydrogen-bond donors (Lipinski definition) is 0. The maximum Gasteiger partial charge on any atom is 0.435 e. The number of aromatic nitrogens is 4. The molecule has 0 aromatic carbocycles. The first kappa shape index (κ1) is 13.0. The number of halogens is 4. The van der Waals surface area contributed by atoms with Crippen LogP contribution in [0.5, 0.6) is 0 Å². The molecular formula is C12H7ClF3N4. The summed E-state index contributed by atoms with van der Waals surface area (Å²) < 4.78 is 40.5. The Morgan fingerprint density at radius 3 is 2.75 bits per heavy atom. The molecule has 0 saturated heterocycles. The molecule has 0 spiro atoms. The fourth-order valence-corrected chi connectivity index (χ4v) is 2.09. The molecule has 20 heavy (non-hydrogen) atoms. The Morgan fingerprint density at radius 1 is 1.35 bits per heavy atom. The van der Waals surface area contributed by atoms with Gasteiger partial charge < -0.3 is 0 Å². The van der Waals surface area contributed by atoms with Gasteiger partial charge >= 0.3 is 6.18 Å². The van der Waals surface area contributed by atoms with Crippen molar-refractivity contribution in [2.45, 2.75) is 6.18 Å². The van der Waals surface area contributed by atoms with Gasteiger partial charge in [-0.2, -0.15) is 18.3 Å². The number of alkyl halides is 3. The van der Waals surface area contributed by atoms with Crippen LogP contribution in [0.25, 0.3) is 16.9 Å². The summed E-state index contributed by atoms with van der Waals surface area (Å²) in [5.41, 5.74) is -0.576. The van der Waals surface area contributed by atoms with Gasteiger partial charge in [-0.3, -0.25) is 9.25 Å². The lowest BCUT2D eigenvalue weighted by Crippen LogP contribution is -2.06. The average Bonchev–Trinajstić information content (AvgIpc) is 2.91. The van der Waals surface area contributed by atoms with E-state index in [1.807, 2.05) is 0 Å². The Bertz CT molecular complexity index is 788. The standard InChI is InChI=1S/C12H7ClF3N4/c1-19-10(5-9(18-19)12(14,15)16)20-3-2-7-4-8(13)6-17-11(7)20/h2-4,6H,1H3. The second-order valence-electron chi connectivity index (χ2n) is 4.17. The second-order valence-corrected chi connectivity index (χ2v) is 4.61. The zero-order valence-electron chi connectivity index (χ0n) is 10.1. The predicted molar refractivity (Wildman–Crippen MR) is 66.7 cm³/mol. The van der Waals surface area contributed by atoms with E-state index < -0.39 is 11.9 Å². The maximum atomic E-state index is 12.6. The van der Waals surface area contributed by atoms with E-state index >= 15 is 0 Å². The van der Waals surface area contributed by atoms with Crippen molar-refractivity contribution in [1.29, 1.82) is 0 Å². The molecule has 0 bridgehead atoms. The molecule has 3 rings (SSSR count). The van der Waals surface area contributed by atoms with E-state index in [9.17, 15) is 13.2 Å². The van der Waals surface area contributed by atoms with Crippen LogP contribution in [0.15, 0.2) is 24.5 Å². The summed E-state index contributed by atoms with van der Waals surface area (Å²) in [4.78, 5) is 4.12. The smallest absolute Gasteiger partial charge is 0.285 e. The molecule has 0 amide bonds. The molecule has 3 heterocycles. The second kappa shape index (κ2) is 4.24. The minimum absolute atomic E-state index is 0.155. The monoisotopic (exact) mass is 299 g/mol. The summed E-state index contributed by atoms with van der Waals surface area (Å²) in [7, 11) is 1.42. The number of hydrogen-bond acceptors (Lipinski definition) is 2. The molecule has 0 N–H and O–H groups in total. The van der Waals surface area contributed by atoms with Gasteiger partial charge in [0.15, 0.2) is 5.69 Å². The van der Waals surface area contributed by atoms with E-state index in [0.29, 0.717) is 10.7 Å². The third-order valence-electron chi connectivity index (χ3n) is 2.78. The normalized spacial score (nSPS) is 12.2. The van der Waals surface area contributed by atoms with E-state index in [0.717, 1.165) is 10.1 Å². The molecule has 4 nitrogen and oxygen atoms in total. The molecule has 0 unspecified atom stereocenters. The first-order valence-corrected chi connectivity index (χ1v) is 5.90. The van der Waals surface area contributed by atoms with Crippen LogP contribution in [-0.2, 0) is 13.2 Å². The molecule has 3 aromatic rings. The van der Waals surface area contributed by atoms with Gasteiger partial charge in [-0.15, -0.1) is 0 Å². The van der Waals surface area contributed by atoms with Crippen LogP contribution in [0.1, 0.15) is 5.69 Å². The molecule has 0 saturated carbocycles. The highest BCUT2D eigenvalue weighted by atomic mass is 35.5. The predicted octanol–water partition coefficient (Wildman–Crippen LogP) is 3.23. The van der Waals surface area contributed by atoms with Gasteiger partial charge in [0.2, 0.25) is 0 Å². The Balaban J connectivity index is 2.19. The molecule has 1 radical (unpaired) electrons. The van der Waals surface area contributed by atoms with Crippen LogP contribution in [0.3, 0.4) is 0 Å². The zero-order valence-corrected chi connectivity index (χ0v) is 10.9. The van der Waals surface area contributed by atoms with E-state index in [2.05, 4.69) is 16.1 Å². The Hall–Kier alpha value is -2.02. The summed E-state index contributed by atoms with van der Waals surface area (Å²) in [6, 6.07) is 5.64. The number of pyridine rings is 1. The lowest BCUT2D eigenvalue weighted by Gasteiger charge is -2.03. The van der Waals surface area contributed by atoms with E-state index in [1.54, 1.807) is 18.3 Å². The molecule has 0 fully saturated rings. The number of aryl methyl sites for hydroxylation is 1. The van der Waals surface area contributed by atoms with Crippen LogP contribution in [0.2, 0.25) is 5.02 Å². The lowest BCUT2D eigenvalue weighted by molar-refractivity contribution is -0.141. The SMILES string of the molecule is Cn1nc(C(F)(F)F)[c]c1-n1ccc2cc(Cl)cnc21. The van der Waals surface area contributed by atoms with Crippen molar-refractivity contribution >= 4 is 22.6 Å². The molecule has 8 heteroatoms. The van der Waals surface area contributed by atoms with Crippen LogP contribution in [0, 0.1) is 6.07 Å². The Labute approximate surface area is 116 Å². The molecule has 0 aliphatic rings. The highest BCUT2D eigenvalue weighted by molar-refractivity contribution is 6.31. The highest BCUT2D eigenvalue weighted by Gasteiger charge is 2.35. The van der Waals surface area contributed by atoms with Gasteiger partial charge in [0.05, 0.1) is 11.1 Å². The zero-order chi connectivity index (χ0) is 14.5. The number of nitrogens with zero attached hydrogens (tertiary/aromatic N) is 4. The molecule has 0 atom stereocenters. The molecule has 0 aliphatic carbocycles. The fourth-order valence-electron chi connectivity index (χ4n) is 1.92. The van der Waals surface area contributed by atoms with Crippen molar-refractivity contribution < 1.29 is 13.2 Å². The van der Waals surface area contributed by atoms with Gasteiger partial charge in [0, 0.05) is 24.8 Å². The summed E-state index contributed by atoms with van der Waals surface area (Å²) in [6.45, 7) is 0. The summed E-state index contributed by atoms with van der Waals surface area (Å²) >= 11 is 5.82. The molecule has 103 valence electrons. The van der Waals surface area contributed by atoms with Crippen molar-refractivity contribution in [3.05, 3.63) is 41.3 Å². The summed E-state index contributed by atoms with van der Waals surface area (Å²) in [6.07, 6.45) is -1.50. The van der Waals surface area contributed by atoms with Crippen LogP contribution in [-0.4, -0.2) is 19.3 Å². The Morgan fingerprint density at radius 2 is 2.10 bits per heavy atom. The van der Waals surface area contributed by atoms with Gasteiger partial charge in [0.25, 0.3) is 0 Å². The molecular weight excluding hydrogens is 293 g/mol. The minimum Gasteiger partial charge on any atom is -0.285 e. The number of fused-ring (bicyclic) bond motifs is 1. The van der Waals surface area contributed by atoms with Crippen LogP contribution in [0.4, 0.5) is 13.2 Å². The van der Waals surface area contributed by atoms with Gasteiger partial charge in [0.1, 0.15) is 11.5 Å². The van der Waals surface area contributed by atoms with E-state index in [1.165, 1.54) is 17.8 Å². The van der Waals surface area contributed by atoms with E-state index in [-0.39, 0.29) is 5.82 Å². The average molecular weight is 300 g/mol. The summed E-state index contributed by atoms with van der Waals surface area (Å²) in [5, 5.41) is 4.61. The van der Waals surface area contributed by atoms with Crippen molar-refractivity contribution in [3.8, 4) is 5.82 Å². The van der Waals surface area contributed by atoms with Crippen LogP contribution < -0.4 is 0 Å².